The summed E-state index contributed by atoms with van der Waals surface area (Å²) in [6.07, 6.45) is 4.01. The average Bonchev–Trinajstić information content (AvgIpc) is 2.35. The van der Waals surface area contributed by atoms with Crippen molar-refractivity contribution in [3.8, 4) is 0 Å². The Labute approximate surface area is 124 Å². The van der Waals surface area contributed by atoms with Gasteiger partial charge in [0.05, 0.1) is 0 Å². The van der Waals surface area contributed by atoms with Crippen LogP contribution in [0.3, 0.4) is 0 Å². The number of likely N-dealkylation sites (N-methyl/N-ethyl adjacent to an activating group) is 1. The van der Waals surface area contributed by atoms with Crippen LogP contribution in [0.2, 0.25) is 0 Å². The zero-order chi connectivity index (χ0) is 14.7. The highest BCUT2D eigenvalue weighted by Gasteiger charge is 2.39. The fourth-order valence-electron chi connectivity index (χ4n) is 3.97. The van der Waals surface area contributed by atoms with Gasteiger partial charge in [0.1, 0.15) is 0 Å². The Morgan fingerprint density at radius 1 is 1.20 bits per heavy atom. The Morgan fingerprint density at radius 3 is 2.55 bits per heavy atom. The maximum absolute atomic E-state index is 2.56. The molecule has 0 amide bonds. The van der Waals surface area contributed by atoms with Gasteiger partial charge in [-0.1, -0.05) is 32.9 Å². The standard InChI is InChI=1S/C19H29N/c1-18(2,3)15-10-13-8-7-9-14-12-20(6)19(4,5)16(11-15)17(13)14/h10-11,14H,7-9,12H2,1-6H3. The van der Waals surface area contributed by atoms with Gasteiger partial charge in [-0.3, -0.25) is 4.90 Å². The van der Waals surface area contributed by atoms with Crippen LogP contribution < -0.4 is 0 Å². The molecule has 0 spiro atoms. The average molecular weight is 271 g/mol. The third-order valence-electron chi connectivity index (χ3n) is 5.65. The highest BCUT2D eigenvalue weighted by molar-refractivity contribution is 5.49. The number of hydrogen-bond acceptors (Lipinski definition) is 1. The van der Waals surface area contributed by atoms with Crippen LogP contribution in [0.25, 0.3) is 0 Å². The molecule has 0 saturated carbocycles. The fraction of sp³-hybridized carbons (Fsp3) is 0.684. The van der Waals surface area contributed by atoms with Crippen LogP contribution in [-0.4, -0.2) is 18.5 Å². The van der Waals surface area contributed by atoms with Crippen molar-refractivity contribution in [1.82, 2.24) is 4.90 Å². The lowest BCUT2D eigenvalue weighted by atomic mass is 9.69. The van der Waals surface area contributed by atoms with E-state index in [1.165, 1.54) is 31.4 Å². The molecule has 0 bridgehead atoms. The van der Waals surface area contributed by atoms with E-state index in [1.807, 2.05) is 0 Å². The van der Waals surface area contributed by atoms with Gasteiger partial charge in [0.25, 0.3) is 0 Å². The number of rotatable bonds is 0. The van der Waals surface area contributed by atoms with Gasteiger partial charge in [0, 0.05) is 12.1 Å². The molecule has 0 radical (unpaired) electrons. The first-order valence-electron chi connectivity index (χ1n) is 8.10. The van der Waals surface area contributed by atoms with Gasteiger partial charge in [-0.05, 0) is 73.7 Å². The van der Waals surface area contributed by atoms with E-state index in [9.17, 15) is 0 Å². The van der Waals surface area contributed by atoms with Gasteiger partial charge in [0.2, 0.25) is 0 Å². The smallest absolute Gasteiger partial charge is 0.0404 e. The van der Waals surface area contributed by atoms with Crippen molar-refractivity contribution in [2.75, 3.05) is 13.6 Å². The van der Waals surface area contributed by atoms with Crippen LogP contribution in [0.4, 0.5) is 0 Å². The fourth-order valence-corrected chi connectivity index (χ4v) is 3.97. The number of aryl methyl sites for hydroxylation is 1. The molecule has 110 valence electrons. The Kier molecular flexibility index (Phi) is 3.06. The first-order chi connectivity index (χ1) is 9.21. The van der Waals surface area contributed by atoms with Crippen molar-refractivity contribution < 1.29 is 0 Å². The van der Waals surface area contributed by atoms with Crippen LogP contribution >= 0.6 is 0 Å². The van der Waals surface area contributed by atoms with E-state index in [2.05, 4.69) is 58.7 Å². The summed E-state index contributed by atoms with van der Waals surface area (Å²) >= 11 is 0. The first-order valence-corrected chi connectivity index (χ1v) is 8.10. The molecule has 0 fully saturated rings. The predicted molar refractivity (Wildman–Crippen MR) is 86.5 cm³/mol. The highest BCUT2D eigenvalue weighted by atomic mass is 15.2. The maximum Gasteiger partial charge on any atom is 0.0404 e. The molecule has 2 aliphatic rings. The van der Waals surface area contributed by atoms with E-state index in [4.69, 9.17) is 0 Å². The highest BCUT2D eigenvalue weighted by Crippen LogP contribution is 2.46. The molecule has 1 aliphatic carbocycles. The van der Waals surface area contributed by atoms with Crippen molar-refractivity contribution in [3.63, 3.8) is 0 Å². The number of nitrogens with zero attached hydrogens (tertiary/aromatic N) is 1. The predicted octanol–water partition coefficient (Wildman–Crippen LogP) is 4.58. The Morgan fingerprint density at radius 2 is 1.90 bits per heavy atom. The van der Waals surface area contributed by atoms with Crippen LogP contribution in [-0.2, 0) is 17.4 Å². The molecule has 0 aromatic heterocycles. The third-order valence-corrected chi connectivity index (χ3v) is 5.65. The Balaban J connectivity index is 2.25. The zero-order valence-electron chi connectivity index (χ0n) is 14.0. The van der Waals surface area contributed by atoms with E-state index in [1.54, 1.807) is 16.7 Å². The lowest BCUT2D eigenvalue weighted by Gasteiger charge is -2.48. The molecular weight excluding hydrogens is 242 g/mol. The summed E-state index contributed by atoms with van der Waals surface area (Å²) in [7, 11) is 2.29. The minimum atomic E-state index is 0.166. The molecule has 1 unspecified atom stereocenters. The minimum Gasteiger partial charge on any atom is -0.297 e. The number of benzene rings is 1. The second-order valence-corrected chi connectivity index (χ2v) is 8.38. The molecule has 0 saturated heterocycles. The van der Waals surface area contributed by atoms with E-state index < -0.39 is 0 Å². The molecule has 1 aromatic rings. The summed E-state index contributed by atoms with van der Waals surface area (Å²) in [6.45, 7) is 13.0. The first kappa shape index (κ1) is 14.1. The number of hydrogen-bond donors (Lipinski definition) is 0. The van der Waals surface area contributed by atoms with E-state index >= 15 is 0 Å². The summed E-state index contributed by atoms with van der Waals surface area (Å²) in [6, 6.07) is 5.01. The molecule has 0 N–H and O–H groups in total. The molecule has 3 rings (SSSR count). The van der Waals surface area contributed by atoms with Crippen LogP contribution in [0.1, 0.15) is 75.6 Å². The summed E-state index contributed by atoms with van der Waals surface area (Å²) in [5.41, 5.74) is 6.86. The molecule has 1 aromatic carbocycles. The zero-order valence-corrected chi connectivity index (χ0v) is 14.0. The minimum absolute atomic E-state index is 0.166. The lowest BCUT2D eigenvalue weighted by Crippen LogP contribution is -2.47. The van der Waals surface area contributed by atoms with E-state index in [0.29, 0.717) is 0 Å². The van der Waals surface area contributed by atoms with Crippen LogP contribution in [0, 0.1) is 0 Å². The monoisotopic (exact) mass is 271 g/mol. The van der Waals surface area contributed by atoms with E-state index in [0.717, 1.165) is 5.92 Å². The van der Waals surface area contributed by atoms with Crippen LogP contribution in [0.15, 0.2) is 12.1 Å². The second kappa shape index (κ2) is 4.34. The van der Waals surface area contributed by atoms with Gasteiger partial charge in [0.15, 0.2) is 0 Å². The van der Waals surface area contributed by atoms with Crippen molar-refractivity contribution in [2.24, 2.45) is 0 Å². The summed E-state index contributed by atoms with van der Waals surface area (Å²) in [5, 5.41) is 0. The molecule has 1 heterocycles. The topological polar surface area (TPSA) is 3.24 Å². The largest absolute Gasteiger partial charge is 0.297 e. The second-order valence-electron chi connectivity index (χ2n) is 8.38. The maximum atomic E-state index is 2.56. The van der Waals surface area contributed by atoms with Crippen molar-refractivity contribution in [1.29, 1.82) is 0 Å². The SMILES string of the molecule is CN1CC2CCCc3cc(C(C)(C)C)cc(c32)C1(C)C. The Hall–Kier alpha value is -0.820. The lowest BCUT2D eigenvalue weighted by molar-refractivity contribution is 0.122. The van der Waals surface area contributed by atoms with Crippen molar-refractivity contribution >= 4 is 0 Å². The van der Waals surface area contributed by atoms with E-state index in [-0.39, 0.29) is 11.0 Å². The summed E-state index contributed by atoms with van der Waals surface area (Å²) in [4.78, 5) is 2.56. The van der Waals surface area contributed by atoms with Gasteiger partial charge < -0.3 is 0 Å². The molecule has 20 heavy (non-hydrogen) atoms. The molecular formula is C19H29N. The van der Waals surface area contributed by atoms with Gasteiger partial charge in [-0.2, -0.15) is 0 Å². The van der Waals surface area contributed by atoms with Gasteiger partial charge >= 0.3 is 0 Å². The van der Waals surface area contributed by atoms with Crippen molar-refractivity contribution in [2.45, 2.75) is 70.8 Å². The molecule has 1 atom stereocenters. The molecule has 1 nitrogen and oxygen atoms in total. The van der Waals surface area contributed by atoms with Gasteiger partial charge in [-0.15, -0.1) is 0 Å². The van der Waals surface area contributed by atoms with Crippen LogP contribution in [0.5, 0.6) is 0 Å². The quantitative estimate of drug-likeness (QED) is 0.667. The molecule has 1 heteroatoms. The molecule has 1 aliphatic heterocycles. The van der Waals surface area contributed by atoms with Gasteiger partial charge in [-0.25, -0.2) is 0 Å². The summed E-state index contributed by atoms with van der Waals surface area (Å²) in [5.74, 6) is 0.765. The third kappa shape index (κ3) is 2.02. The van der Waals surface area contributed by atoms with Crippen molar-refractivity contribution in [3.05, 3.63) is 34.4 Å². The summed E-state index contributed by atoms with van der Waals surface area (Å²) < 4.78 is 0. The normalized spacial score (nSPS) is 25.4. The Bertz CT molecular complexity index is 533.